The molecule has 78 valence electrons. The maximum Gasteiger partial charge on any atom is 0.0949 e. The van der Waals surface area contributed by atoms with Gasteiger partial charge in [0, 0.05) is 18.3 Å². The topological polar surface area (TPSA) is 17.8 Å². The Balaban J connectivity index is 2.10. The second kappa shape index (κ2) is 4.99. The number of nitrogens with zero attached hydrogens (tertiary/aromatic N) is 2. The first-order valence-electron chi connectivity index (χ1n) is 4.97. The maximum absolute atomic E-state index is 5.96. The summed E-state index contributed by atoms with van der Waals surface area (Å²) < 4.78 is 2.06. The lowest BCUT2D eigenvalue weighted by Crippen LogP contribution is -2.11. The molecule has 1 unspecified atom stereocenters. The molecule has 15 heavy (non-hydrogen) atoms. The van der Waals surface area contributed by atoms with Crippen LogP contribution >= 0.6 is 11.6 Å². The Labute approximate surface area is 94.5 Å². The molecule has 0 aliphatic rings. The van der Waals surface area contributed by atoms with Crippen molar-refractivity contribution in [3.63, 3.8) is 0 Å². The van der Waals surface area contributed by atoms with E-state index in [4.69, 9.17) is 11.6 Å². The number of aromatic nitrogens is 2. The summed E-state index contributed by atoms with van der Waals surface area (Å²) in [6.45, 7) is 0. The Morgan fingerprint density at radius 1 is 1.27 bits per heavy atom. The molecule has 1 heterocycles. The molecule has 0 aliphatic heterocycles. The predicted molar refractivity (Wildman–Crippen MR) is 62.1 cm³/mol. The minimum Gasteiger partial charge on any atom is -0.333 e. The van der Waals surface area contributed by atoms with Crippen molar-refractivity contribution in [1.29, 1.82) is 0 Å². The second-order valence-corrected chi connectivity index (χ2v) is 3.82. The van der Waals surface area contributed by atoms with Crippen LogP contribution in [0.5, 0.6) is 0 Å². The number of alkyl halides is 1. The van der Waals surface area contributed by atoms with Gasteiger partial charge in [0.05, 0.1) is 12.4 Å². The third-order valence-corrected chi connectivity index (χ3v) is 2.80. The molecule has 0 fully saturated rings. The van der Waals surface area contributed by atoms with Crippen molar-refractivity contribution < 1.29 is 0 Å². The zero-order valence-corrected chi connectivity index (χ0v) is 9.14. The molecule has 0 N–H and O–H groups in total. The van der Waals surface area contributed by atoms with Crippen LogP contribution in [0.15, 0.2) is 49.1 Å². The minimum absolute atomic E-state index is 0.288. The van der Waals surface area contributed by atoms with Gasteiger partial charge < -0.3 is 4.57 Å². The van der Waals surface area contributed by atoms with Gasteiger partial charge >= 0.3 is 0 Å². The highest BCUT2D eigenvalue weighted by Gasteiger charge is 2.09. The molecule has 0 saturated heterocycles. The molecule has 1 aromatic carbocycles. The molecule has 0 amide bonds. The first-order valence-corrected chi connectivity index (χ1v) is 5.51. The summed E-state index contributed by atoms with van der Waals surface area (Å²) in [6.07, 6.45) is 6.50. The maximum atomic E-state index is 5.96. The van der Waals surface area contributed by atoms with Crippen LogP contribution in [0.2, 0.25) is 0 Å². The molecular weight excluding hydrogens is 208 g/mol. The van der Waals surface area contributed by atoms with Gasteiger partial charge in [-0.15, -0.1) is 11.6 Å². The van der Waals surface area contributed by atoms with Crippen molar-refractivity contribution >= 4 is 11.6 Å². The predicted octanol–water partition coefficient (Wildman–Crippen LogP) is 2.91. The summed E-state index contributed by atoms with van der Waals surface area (Å²) in [5.41, 5.74) is 1.30. The van der Waals surface area contributed by atoms with Crippen LogP contribution in [0.25, 0.3) is 0 Å². The lowest BCUT2D eigenvalue weighted by molar-refractivity contribution is 0.550. The van der Waals surface area contributed by atoms with Crippen molar-refractivity contribution in [3.05, 3.63) is 54.6 Å². The van der Waals surface area contributed by atoms with E-state index in [9.17, 15) is 0 Å². The van der Waals surface area contributed by atoms with Crippen LogP contribution in [0.1, 0.15) is 11.6 Å². The molecule has 2 nitrogen and oxygen atoms in total. The van der Waals surface area contributed by atoms with Crippen LogP contribution in [0.3, 0.4) is 0 Å². The fraction of sp³-hybridized carbons (Fsp3) is 0.250. The molecule has 0 radical (unpaired) electrons. The zero-order chi connectivity index (χ0) is 10.5. The smallest absolute Gasteiger partial charge is 0.0949 e. The third-order valence-electron chi connectivity index (χ3n) is 2.44. The summed E-state index contributed by atoms with van der Waals surface area (Å²) in [6, 6.07) is 10.7. The summed E-state index contributed by atoms with van der Waals surface area (Å²) >= 11 is 5.96. The molecule has 0 spiro atoms. The highest BCUT2D eigenvalue weighted by Crippen LogP contribution is 2.15. The van der Waals surface area contributed by atoms with Gasteiger partial charge in [0.2, 0.25) is 0 Å². The molecule has 0 aliphatic carbocycles. The summed E-state index contributed by atoms with van der Waals surface area (Å²) in [5.74, 6) is 0.602. The molecule has 2 aromatic rings. The van der Waals surface area contributed by atoms with E-state index in [1.165, 1.54) is 5.56 Å². The van der Waals surface area contributed by atoms with E-state index in [2.05, 4.69) is 33.8 Å². The van der Waals surface area contributed by atoms with Gasteiger partial charge in [0.1, 0.15) is 0 Å². The van der Waals surface area contributed by atoms with E-state index in [0.717, 1.165) is 6.42 Å². The Morgan fingerprint density at radius 2 is 2.07 bits per heavy atom. The third kappa shape index (κ3) is 2.60. The van der Waals surface area contributed by atoms with Gasteiger partial charge in [0.15, 0.2) is 0 Å². The number of rotatable bonds is 4. The van der Waals surface area contributed by atoms with Gasteiger partial charge in [-0.25, -0.2) is 4.98 Å². The van der Waals surface area contributed by atoms with Crippen LogP contribution in [0, 0.1) is 0 Å². The number of imidazole rings is 1. The van der Waals surface area contributed by atoms with Crippen molar-refractivity contribution in [3.8, 4) is 0 Å². The monoisotopic (exact) mass is 220 g/mol. The van der Waals surface area contributed by atoms with E-state index in [1.54, 1.807) is 6.20 Å². The standard InChI is InChI=1S/C12H13ClN2/c13-9-12(15-7-6-14-10-15)8-11-4-2-1-3-5-11/h1-7,10,12H,8-9H2. The van der Waals surface area contributed by atoms with E-state index in [0.29, 0.717) is 5.88 Å². The first-order chi connectivity index (χ1) is 7.40. The number of hydrogen-bond acceptors (Lipinski definition) is 1. The lowest BCUT2D eigenvalue weighted by atomic mass is 10.1. The normalized spacial score (nSPS) is 12.6. The Morgan fingerprint density at radius 3 is 2.67 bits per heavy atom. The van der Waals surface area contributed by atoms with Gasteiger partial charge in [0.25, 0.3) is 0 Å². The highest BCUT2D eigenvalue weighted by atomic mass is 35.5. The van der Waals surface area contributed by atoms with Crippen LogP contribution in [-0.2, 0) is 6.42 Å². The molecule has 1 atom stereocenters. The number of benzene rings is 1. The molecule has 1 aromatic heterocycles. The second-order valence-electron chi connectivity index (χ2n) is 3.51. The quantitative estimate of drug-likeness (QED) is 0.725. The fourth-order valence-electron chi connectivity index (χ4n) is 1.61. The Kier molecular flexibility index (Phi) is 3.41. The highest BCUT2D eigenvalue weighted by molar-refractivity contribution is 6.18. The van der Waals surface area contributed by atoms with Gasteiger partial charge in [-0.05, 0) is 12.0 Å². The van der Waals surface area contributed by atoms with E-state index >= 15 is 0 Å². The van der Waals surface area contributed by atoms with Crippen molar-refractivity contribution in [2.45, 2.75) is 12.5 Å². The van der Waals surface area contributed by atoms with Crippen molar-refractivity contribution in [2.24, 2.45) is 0 Å². The SMILES string of the molecule is ClCC(Cc1ccccc1)n1ccnc1. The minimum atomic E-state index is 0.288. The van der Waals surface area contributed by atoms with E-state index in [-0.39, 0.29) is 6.04 Å². The average molecular weight is 221 g/mol. The molecular formula is C12H13ClN2. The lowest BCUT2D eigenvalue weighted by Gasteiger charge is -2.15. The van der Waals surface area contributed by atoms with Crippen molar-refractivity contribution in [1.82, 2.24) is 9.55 Å². The molecule has 0 saturated carbocycles. The van der Waals surface area contributed by atoms with Crippen LogP contribution < -0.4 is 0 Å². The van der Waals surface area contributed by atoms with Crippen LogP contribution in [0.4, 0.5) is 0 Å². The number of halogens is 1. The van der Waals surface area contributed by atoms with E-state index in [1.807, 2.05) is 18.6 Å². The summed E-state index contributed by atoms with van der Waals surface area (Å²) in [4.78, 5) is 4.04. The van der Waals surface area contributed by atoms with Gasteiger partial charge in [-0.3, -0.25) is 0 Å². The largest absolute Gasteiger partial charge is 0.333 e. The molecule has 2 rings (SSSR count). The van der Waals surface area contributed by atoms with Crippen LogP contribution in [-0.4, -0.2) is 15.4 Å². The average Bonchev–Trinajstić information content (AvgIpc) is 2.81. The number of hydrogen-bond donors (Lipinski definition) is 0. The Hall–Kier alpha value is -1.28. The summed E-state index contributed by atoms with van der Waals surface area (Å²) in [5, 5.41) is 0. The fourth-order valence-corrected chi connectivity index (χ4v) is 1.88. The molecule has 0 bridgehead atoms. The first kappa shape index (κ1) is 10.2. The zero-order valence-electron chi connectivity index (χ0n) is 8.38. The van der Waals surface area contributed by atoms with Crippen molar-refractivity contribution in [2.75, 3.05) is 5.88 Å². The molecule has 3 heteroatoms. The van der Waals surface area contributed by atoms with Gasteiger partial charge in [-0.2, -0.15) is 0 Å². The Bertz CT molecular complexity index is 383. The van der Waals surface area contributed by atoms with Gasteiger partial charge in [-0.1, -0.05) is 30.3 Å². The van der Waals surface area contributed by atoms with E-state index < -0.39 is 0 Å². The summed E-state index contributed by atoms with van der Waals surface area (Å²) in [7, 11) is 0.